The van der Waals surface area contributed by atoms with E-state index >= 15 is 0 Å². The highest BCUT2D eigenvalue weighted by molar-refractivity contribution is 5.94. The lowest BCUT2D eigenvalue weighted by atomic mass is 10.0. The van der Waals surface area contributed by atoms with Crippen molar-refractivity contribution in [2.75, 3.05) is 37.6 Å². The third-order valence-electron chi connectivity index (χ3n) is 5.06. The molecule has 0 bridgehead atoms. The Bertz CT molecular complexity index is 638. The van der Waals surface area contributed by atoms with Crippen molar-refractivity contribution in [3.05, 3.63) is 29.3 Å². The van der Waals surface area contributed by atoms with Gasteiger partial charge in [-0.05, 0) is 62.0 Å². The fourth-order valence-electron chi connectivity index (χ4n) is 3.61. The molecule has 0 spiro atoms. The predicted molar refractivity (Wildman–Crippen MR) is 104 cm³/mol. The number of unbranched alkanes of at least 4 members (excludes halogenated alkanes) is 2. The molecule has 0 unspecified atom stereocenters. The highest BCUT2D eigenvalue weighted by atomic mass is 35.5. The number of rotatable bonds is 7. The molecule has 2 N–H and O–H groups in total. The fourth-order valence-corrected chi connectivity index (χ4v) is 3.61. The van der Waals surface area contributed by atoms with E-state index in [4.69, 9.17) is 5.11 Å². The zero-order valence-corrected chi connectivity index (χ0v) is 15.9. The Hall–Kier alpha value is -1.79. The SMILES string of the molecule is Cl.O=C(O)CCCCCN1CCN(c2ccc3c(c2)CCNCC3)C1=O. The number of amides is 2. The number of nitrogens with zero attached hydrogens (tertiary/aromatic N) is 2. The first-order valence-electron chi connectivity index (χ1n) is 9.26. The highest BCUT2D eigenvalue weighted by Gasteiger charge is 2.29. The van der Waals surface area contributed by atoms with Crippen molar-refractivity contribution >= 4 is 30.1 Å². The van der Waals surface area contributed by atoms with Crippen molar-refractivity contribution in [3.8, 4) is 0 Å². The van der Waals surface area contributed by atoms with Crippen LogP contribution in [0.1, 0.15) is 36.8 Å². The first kappa shape index (κ1) is 20.5. The van der Waals surface area contributed by atoms with Crippen LogP contribution >= 0.6 is 12.4 Å². The summed E-state index contributed by atoms with van der Waals surface area (Å²) in [6.07, 6.45) is 4.67. The van der Waals surface area contributed by atoms with Gasteiger partial charge in [-0.1, -0.05) is 12.5 Å². The first-order valence-corrected chi connectivity index (χ1v) is 9.26. The lowest BCUT2D eigenvalue weighted by Crippen LogP contribution is -2.32. The zero-order chi connectivity index (χ0) is 17.6. The predicted octanol–water partition coefficient (Wildman–Crippen LogP) is 2.68. The molecule has 6 nitrogen and oxygen atoms in total. The van der Waals surface area contributed by atoms with Gasteiger partial charge in [0.15, 0.2) is 0 Å². The number of urea groups is 1. The van der Waals surface area contributed by atoms with E-state index in [2.05, 4.69) is 23.5 Å². The Morgan fingerprint density at radius 1 is 1.08 bits per heavy atom. The molecular weight excluding hydrogens is 354 g/mol. The van der Waals surface area contributed by atoms with Gasteiger partial charge < -0.3 is 15.3 Å². The van der Waals surface area contributed by atoms with E-state index in [9.17, 15) is 9.59 Å². The molecule has 7 heteroatoms. The summed E-state index contributed by atoms with van der Waals surface area (Å²) < 4.78 is 0. The number of fused-ring (bicyclic) bond motifs is 1. The number of carbonyl (C=O) groups excluding carboxylic acids is 1. The van der Waals surface area contributed by atoms with Gasteiger partial charge in [0.25, 0.3) is 0 Å². The number of halogens is 1. The van der Waals surface area contributed by atoms with Crippen LogP contribution in [0, 0.1) is 0 Å². The normalized spacial score (nSPS) is 16.8. The van der Waals surface area contributed by atoms with Crippen molar-refractivity contribution in [2.45, 2.75) is 38.5 Å². The number of aliphatic carboxylic acids is 1. The van der Waals surface area contributed by atoms with E-state index in [0.717, 1.165) is 57.5 Å². The average molecular weight is 382 g/mol. The third-order valence-corrected chi connectivity index (χ3v) is 5.06. The summed E-state index contributed by atoms with van der Waals surface area (Å²) in [6.45, 7) is 4.20. The fraction of sp³-hybridized carbons (Fsp3) is 0.579. The molecular formula is C19H28ClN3O3. The van der Waals surface area contributed by atoms with Crippen molar-refractivity contribution < 1.29 is 14.7 Å². The van der Waals surface area contributed by atoms with Gasteiger partial charge in [-0.25, -0.2) is 4.79 Å². The number of hydrogen-bond donors (Lipinski definition) is 2. The molecule has 0 saturated carbocycles. The van der Waals surface area contributed by atoms with Crippen LogP contribution in [0.2, 0.25) is 0 Å². The number of anilines is 1. The van der Waals surface area contributed by atoms with Gasteiger partial charge in [-0.3, -0.25) is 9.69 Å². The smallest absolute Gasteiger partial charge is 0.324 e. The Labute approximate surface area is 161 Å². The maximum Gasteiger partial charge on any atom is 0.324 e. The molecule has 2 heterocycles. The van der Waals surface area contributed by atoms with Gasteiger partial charge in [-0.2, -0.15) is 0 Å². The Morgan fingerprint density at radius 3 is 2.62 bits per heavy atom. The molecule has 2 aliphatic rings. The summed E-state index contributed by atoms with van der Waals surface area (Å²) in [6, 6.07) is 6.49. The van der Waals surface area contributed by atoms with Crippen LogP contribution in [-0.4, -0.2) is 54.7 Å². The molecule has 0 aromatic heterocycles. The molecule has 26 heavy (non-hydrogen) atoms. The number of carboxylic acids is 1. The third kappa shape index (κ3) is 5.11. The molecule has 144 valence electrons. The largest absolute Gasteiger partial charge is 0.481 e. The topological polar surface area (TPSA) is 72.9 Å². The van der Waals surface area contributed by atoms with Gasteiger partial charge in [-0.15, -0.1) is 12.4 Å². The molecule has 1 saturated heterocycles. The van der Waals surface area contributed by atoms with E-state index in [1.165, 1.54) is 11.1 Å². The first-order chi connectivity index (χ1) is 12.1. The van der Waals surface area contributed by atoms with E-state index in [1.807, 2.05) is 9.80 Å². The molecule has 0 aliphatic carbocycles. The molecule has 1 aromatic carbocycles. The van der Waals surface area contributed by atoms with E-state index < -0.39 is 5.97 Å². The second-order valence-corrected chi connectivity index (χ2v) is 6.83. The molecule has 2 aliphatic heterocycles. The number of carboxylic acid groups (broad SMARTS) is 1. The van der Waals surface area contributed by atoms with Crippen LogP contribution in [0.5, 0.6) is 0 Å². The van der Waals surface area contributed by atoms with Gasteiger partial charge >= 0.3 is 12.0 Å². The van der Waals surface area contributed by atoms with Crippen LogP contribution in [0.4, 0.5) is 10.5 Å². The van der Waals surface area contributed by atoms with Crippen LogP contribution in [-0.2, 0) is 17.6 Å². The quantitative estimate of drug-likeness (QED) is 0.712. The Balaban J connectivity index is 0.00000243. The van der Waals surface area contributed by atoms with Gasteiger partial charge in [0.2, 0.25) is 0 Å². The van der Waals surface area contributed by atoms with Crippen molar-refractivity contribution in [1.82, 2.24) is 10.2 Å². The standard InChI is InChI=1S/C19H27N3O3.ClH/c23-18(24)4-2-1-3-11-21-12-13-22(19(21)25)17-6-5-15-7-9-20-10-8-16(15)14-17;/h5-6,14,20H,1-4,7-13H2,(H,23,24);1H. The molecule has 0 atom stereocenters. The number of hydrogen-bond acceptors (Lipinski definition) is 3. The maximum atomic E-state index is 12.7. The minimum absolute atomic E-state index is 0. The lowest BCUT2D eigenvalue weighted by Gasteiger charge is -2.20. The second-order valence-electron chi connectivity index (χ2n) is 6.83. The molecule has 3 rings (SSSR count). The summed E-state index contributed by atoms with van der Waals surface area (Å²) in [5, 5.41) is 12.1. The van der Waals surface area contributed by atoms with E-state index in [1.54, 1.807) is 0 Å². The van der Waals surface area contributed by atoms with Crippen LogP contribution in [0.25, 0.3) is 0 Å². The Kier molecular flexibility index (Phi) is 7.72. The zero-order valence-electron chi connectivity index (χ0n) is 15.1. The molecule has 0 radical (unpaired) electrons. The van der Waals surface area contributed by atoms with E-state index in [-0.39, 0.29) is 24.9 Å². The highest BCUT2D eigenvalue weighted by Crippen LogP contribution is 2.25. The summed E-state index contributed by atoms with van der Waals surface area (Å²) in [4.78, 5) is 26.9. The molecule has 2 amide bonds. The second kappa shape index (κ2) is 9.78. The average Bonchev–Trinajstić information content (AvgIpc) is 2.81. The van der Waals surface area contributed by atoms with Gasteiger partial charge in [0.05, 0.1) is 0 Å². The van der Waals surface area contributed by atoms with Crippen LogP contribution < -0.4 is 10.2 Å². The minimum Gasteiger partial charge on any atom is -0.481 e. The van der Waals surface area contributed by atoms with E-state index in [0.29, 0.717) is 13.0 Å². The summed E-state index contributed by atoms with van der Waals surface area (Å²) in [7, 11) is 0. The van der Waals surface area contributed by atoms with Gasteiger partial charge in [0.1, 0.15) is 0 Å². The Morgan fingerprint density at radius 2 is 1.85 bits per heavy atom. The van der Waals surface area contributed by atoms with Crippen molar-refractivity contribution in [2.24, 2.45) is 0 Å². The lowest BCUT2D eigenvalue weighted by molar-refractivity contribution is -0.137. The van der Waals surface area contributed by atoms with Crippen molar-refractivity contribution in [3.63, 3.8) is 0 Å². The number of nitrogens with one attached hydrogen (secondary N) is 1. The van der Waals surface area contributed by atoms with Crippen molar-refractivity contribution in [1.29, 1.82) is 0 Å². The monoisotopic (exact) mass is 381 g/mol. The van der Waals surface area contributed by atoms with Crippen LogP contribution in [0.15, 0.2) is 18.2 Å². The summed E-state index contributed by atoms with van der Waals surface area (Å²) in [5.74, 6) is -0.748. The number of carbonyl (C=O) groups is 2. The van der Waals surface area contributed by atoms with Gasteiger partial charge in [0, 0.05) is 31.7 Å². The minimum atomic E-state index is -0.748. The molecule has 1 aromatic rings. The number of benzene rings is 1. The maximum absolute atomic E-state index is 12.7. The molecule has 1 fully saturated rings. The summed E-state index contributed by atoms with van der Waals surface area (Å²) >= 11 is 0. The summed E-state index contributed by atoms with van der Waals surface area (Å²) in [5.41, 5.74) is 3.73. The van der Waals surface area contributed by atoms with Crippen LogP contribution in [0.3, 0.4) is 0 Å².